The van der Waals surface area contributed by atoms with Crippen LogP contribution >= 0.6 is 15.9 Å². The fraction of sp³-hybridized carbons (Fsp3) is 0.300. The van der Waals surface area contributed by atoms with E-state index in [1.165, 1.54) is 11.1 Å². The summed E-state index contributed by atoms with van der Waals surface area (Å²) in [7, 11) is 1.55. The van der Waals surface area contributed by atoms with Crippen molar-refractivity contribution in [3.63, 3.8) is 0 Å². The quantitative estimate of drug-likeness (QED) is 0.523. The van der Waals surface area contributed by atoms with E-state index in [1.807, 2.05) is 19.1 Å². The Balaban J connectivity index is 1.80. The molecule has 0 aromatic heterocycles. The number of hydrogen-bond acceptors (Lipinski definition) is 4. The fourth-order valence-corrected chi connectivity index (χ4v) is 3.47. The summed E-state index contributed by atoms with van der Waals surface area (Å²) in [5, 5.41) is 8.45. The van der Waals surface area contributed by atoms with Crippen LogP contribution in [-0.4, -0.2) is 18.5 Å². The number of hydrogen-bond donors (Lipinski definition) is 0. The summed E-state index contributed by atoms with van der Waals surface area (Å²) in [6, 6.07) is 12.4. The van der Waals surface area contributed by atoms with Gasteiger partial charge in [0.15, 0.2) is 0 Å². The Kier molecular flexibility index (Phi) is 5.53. The first-order valence-corrected chi connectivity index (χ1v) is 9.03. The Hall–Kier alpha value is -2.14. The summed E-state index contributed by atoms with van der Waals surface area (Å²) in [5.41, 5.74) is 7.59. The third-order valence-corrected chi connectivity index (χ3v) is 4.92. The van der Waals surface area contributed by atoms with E-state index in [0.717, 1.165) is 45.4 Å². The zero-order valence-electron chi connectivity index (χ0n) is 14.7. The smallest absolute Gasteiger partial charge is 0.143 e. The molecular weight excluding hydrogens is 380 g/mol. The summed E-state index contributed by atoms with van der Waals surface area (Å²) < 4.78 is 1.06. The van der Waals surface area contributed by atoms with Crippen molar-refractivity contribution in [2.75, 3.05) is 7.11 Å². The molecule has 1 aliphatic rings. The van der Waals surface area contributed by atoms with Crippen molar-refractivity contribution in [2.45, 2.75) is 33.3 Å². The Morgan fingerprint density at radius 1 is 1.20 bits per heavy atom. The van der Waals surface area contributed by atoms with Gasteiger partial charge in [-0.25, -0.2) is 0 Å². The minimum atomic E-state index is 0.408. The van der Waals surface area contributed by atoms with Crippen molar-refractivity contribution in [1.29, 1.82) is 0 Å². The van der Waals surface area contributed by atoms with Crippen LogP contribution in [0.4, 0.5) is 0 Å². The number of benzene rings is 2. The minimum absolute atomic E-state index is 0.408. The summed E-state index contributed by atoms with van der Waals surface area (Å²) in [6.45, 7) is 4.40. The lowest BCUT2D eigenvalue weighted by atomic mass is 10.00. The molecule has 0 N–H and O–H groups in total. The Labute approximate surface area is 156 Å². The van der Waals surface area contributed by atoms with E-state index in [2.05, 4.69) is 57.4 Å². The second-order valence-electron chi connectivity index (χ2n) is 6.07. The third-order valence-electron chi connectivity index (χ3n) is 4.43. The molecule has 0 heterocycles. The average molecular weight is 401 g/mol. The second kappa shape index (κ2) is 7.83. The minimum Gasteiger partial charge on any atom is -0.399 e. The molecule has 3 rings (SSSR count). The second-order valence-corrected chi connectivity index (χ2v) is 6.99. The van der Waals surface area contributed by atoms with Gasteiger partial charge < -0.3 is 9.68 Å². The molecule has 0 fully saturated rings. The zero-order chi connectivity index (χ0) is 17.8. The van der Waals surface area contributed by atoms with Gasteiger partial charge in [-0.2, -0.15) is 0 Å². The molecule has 0 radical (unpaired) electrons. The van der Waals surface area contributed by atoms with Gasteiger partial charge in [-0.3, -0.25) is 0 Å². The molecule has 0 spiro atoms. The topological polar surface area (TPSA) is 43.2 Å². The highest BCUT2D eigenvalue weighted by Crippen LogP contribution is 2.26. The average Bonchev–Trinajstić information content (AvgIpc) is 2.98. The molecule has 2 aromatic carbocycles. The van der Waals surface area contributed by atoms with Gasteiger partial charge in [0.2, 0.25) is 0 Å². The van der Waals surface area contributed by atoms with Crippen LogP contribution in [0, 0.1) is 6.92 Å². The molecular formula is C20H21BrN2O2. The molecule has 5 heteroatoms. The van der Waals surface area contributed by atoms with E-state index in [1.54, 1.807) is 7.11 Å². The monoisotopic (exact) mass is 400 g/mol. The molecule has 0 saturated carbocycles. The van der Waals surface area contributed by atoms with Crippen molar-refractivity contribution in [1.82, 2.24) is 0 Å². The summed E-state index contributed by atoms with van der Waals surface area (Å²) in [4.78, 5) is 10.6. The highest BCUT2D eigenvalue weighted by Gasteiger charge is 2.18. The number of rotatable bonds is 5. The van der Waals surface area contributed by atoms with Crippen molar-refractivity contribution in [2.24, 2.45) is 10.3 Å². The van der Waals surface area contributed by atoms with Crippen molar-refractivity contribution >= 4 is 27.4 Å². The maximum Gasteiger partial charge on any atom is 0.143 e. The molecule has 0 amide bonds. The predicted molar refractivity (Wildman–Crippen MR) is 104 cm³/mol. The van der Waals surface area contributed by atoms with Gasteiger partial charge in [0.25, 0.3) is 0 Å². The summed E-state index contributed by atoms with van der Waals surface area (Å²) >= 11 is 3.53. The third kappa shape index (κ3) is 3.93. The van der Waals surface area contributed by atoms with Crippen LogP contribution in [0.3, 0.4) is 0 Å². The van der Waals surface area contributed by atoms with Crippen molar-refractivity contribution in [3.8, 4) is 0 Å². The predicted octanol–water partition coefficient (Wildman–Crippen LogP) is 5.00. The normalized spacial score (nSPS) is 15.4. The lowest BCUT2D eigenvalue weighted by Crippen LogP contribution is -2.05. The van der Waals surface area contributed by atoms with Crippen molar-refractivity contribution < 1.29 is 9.68 Å². The van der Waals surface area contributed by atoms with Crippen LogP contribution in [0.5, 0.6) is 0 Å². The molecule has 0 unspecified atom stereocenters. The number of fused-ring (bicyclic) bond motifs is 1. The van der Waals surface area contributed by atoms with Crippen LogP contribution in [-0.2, 0) is 22.7 Å². The van der Waals surface area contributed by atoms with E-state index in [9.17, 15) is 0 Å². The Morgan fingerprint density at radius 2 is 2.04 bits per heavy atom. The van der Waals surface area contributed by atoms with Gasteiger partial charge in [-0.05, 0) is 49.9 Å². The van der Waals surface area contributed by atoms with Gasteiger partial charge >= 0.3 is 0 Å². The molecule has 0 saturated heterocycles. The highest BCUT2D eigenvalue weighted by atomic mass is 79.9. The highest BCUT2D eigenvalue weighted by molar-refractivity contribution is 9.10. The zero-order valence-corrected chi connectivity index (χ0v) is 16.3. The number of halogens is 1. The van der Waals surface area contributed by atoms with E-state index in [0.29, 0.717) is 6.61 Å². The van der Waals surface area contributed by atoms with E-state index in [-0.39, 0.29) is 0 Å². The Morgan fingerprint density at radius 3 is 2.84 bits per heavy atom. The summed E-state index contributed by atoms with van der Waals surface area (Å²) in [5.74, 6) is 0. The molecule has 0 bridgehead atoms. The molecule has 2 aromatic rings. The Bertz CT molecular complexity index is 844. The summed E-state index contributed by atoms with van der Waals surface area (Å²) in [6.07, 6.45) is 1.93. The first kappa shape index (κ1) is 17.7. The van der Waals surface area contributed by atoms with Gasteiger partial charge in [-0.1, -0.05) is 50.5 Å². The molecule has 0 aliphatic heterocycles. The van der Waals surface area contributed by atoms with E-state index >= 15 is 0 Å². The maximum absolute atomic E-state index is 5.73. The van der Waals surface area contributed by atoms with E-state index < -0.39 is 0 Å². The molecule has 1 aliphatic carbocycles. The molecule has 0 atom stereocenters. The van der Waals surface area contributed by atoms with Gasteiger partial charge in [0.05, 0.1) is 11.4 Å². The van der Waals surface area contributed by atoms with Crippen LogP contribution in [0.15, 0.2) is 51.2 Å². The lowest BCUT2D eigenvalue weighted by molar-refractivity contribution is 0.129. The number of nitrogens with zero attached hydrogens (tertiary/aromatic N) is 2. The van der Waals surface area contributed by atoms with Gasteiger partial charge in [0, 0.05) is 21.2 Å². The fourth-order valence-electron chi connectivity index (χ4n) is 3.11. The van der Waals surface area contributed by atoms with Crippen molar-refractivity contribution in [3.05, 3.63) is 68.7 Å². The lowest BCUT2D eigenvalue weighted by Gasteiger charge is -2.11. The first-order valence-electron chi connectivity index (χ1n) is 8.24. The molecule has 130 valence electrons. The van der Waals surface area contributed by atoms with Gasteiger partial charge in [0.1, 0.15) is 13.7 Å². The van der Waals surface area contributed by atoms with Crippen LogP contribution in [0.25, 0.3) is 0 Å². The SMILES string of the molecule is CO/N=C(/C)c1cccc(C)c1CO/N=C1\CCc2ccc(Br)cc21. The first-order chi connectivity index (χ1) is 12.1. The standard InChI is InChI=1S/C20H21BrN2O2/c1-13-5-4-6-17(14(2)22-24-3)19(13)12-25-23-20-10-8-15-7-9-16(21)11-18(15)20/h4-7,9,11H,8,10,12H2,1-3H3/b22-14-,23-20+. The maximum atomic E-state index is 5.73. The molecule has 25 heavy (non-hydrogen) atoms. The molecule has 4 nitrogen and oxygen atoms in total. The van der Waals surface area contributed by atoms with Crippen LogP contribution in [0.1, 0.15) is 41.2 Å². The largest absolute Gasteiger partial charge is 0.399 e. The van der Waals surface area contributed by atoms with Crippen LogP contribution < -0.4 is 0 Å². The van der Waals surface area contributed by atoms with Gasteiger partial charge in [-0.15, -0.1) is 0 Å². The number of oxime groups is 2. The van der Waals surface area contributed by atoms with E-state index in [4.69, 9.17) is 9.68 Å². The number of aryl methyl sites for hydroxylation is 2. The van der Waals surface area contributed by atoms with Crippen LogP contribution in [0.2, 0.25) is 0 Å².